The minimum absolute atomic E-state index is 0. The Bertz CT molecular complexity index is 1010. The van der Waals surface area contributed by atoms with Gasteiger partial charge in [0, 0.05) is 30.5 Å². The monoisotopic (exact) mass is 546 g/mol. The molecule has 0 amide bonds. The van der Waals surface area contributed by atoms with Crippen molar-refractivity contribution in [3.63, 3.8) is 0 Å². The molecule has 121 valence electrons. The third-order valence-electron chi connectivity index (χ3n) is 5.50. The molecule has 0 fully saturated rings. The largest absolute Gasteiger partial charge is 0.307 e. The summed E-state index contributed by atoms with van der Waals surface area (Å²) in [4.78, 5) is 0. The zero-order valence-electron chi connectivity index (χ0n) is 14.1. The molecule has 2 aromatic heterocycles. The van der Waals surface area contributed by atoms with E-state index in [1.807, 2.05) is 6.07 Å². The van der Waals surface area contributed by atoms with Crippen molar-refractivity contribution in [2.24, 2.45) is 14.1 Å². The van der Waals surface area contributed by atoms with Crippen molar-refractivity contribution in [2.45, 2.75) is 19.8 Å². The Morgan fingerprint density at radius 2 is 1.38 bits per heavy atom. The minimum Gasteiger partial charge on any atom is -0.307 e. The standard InChI is InChI=1S/C21H19N2.Bk/c1-13-6-7-17-12-15-9-8-14-11-16-5-4-10-22(2)20(16)18(14)19(15)21(17)23(13)3;/h4-9H,11-12H2,1-3H3;/q+1;. The van der Waals surface area contributed by atoms with Crippen LogP contribution in [0.4, 0.5) is 0 Å². The fourth-order valence-corrected chi connectivity index (χ4v) is 4.29. The average molecular weight is 546 g/mol. The first kappa shape index (κ1) is 14.1. The molecule has 2 heterocycles. The number of hydrogen-bond donors (Lipinski definition) is 0. The molecule has 1 aromatic carbocycles. The van der Waals surface area contributed by atoms with Gasteiger partial charge in [-0.25, -0.2) is 0 Å². The maximum absolute atomic E-state index is 3.32. The molecule has 0 unspecified atom stereocenters. The molecule has 0 saturated carbocycles. The van der Waals surface area contributed by atoms with Crippen LogP contribution in [-0.4, -0.2) is 0 Å². The van der Waals surface area contributed by atoms with Gasteiger partial charge in [-0.1, -0.05) is 17.7 Å². The van der Waals surface area contributed by atoms with Gasteiger partial charge in [-0.05, 0) is 23.6 Å². The predicted molar refractivity (Wildman–Crippen MR) is 88.9 cm³/mol. The molecule has 0 bridgehead atoms. The number of fused-ring (bicyclic) bond motifs is 7. The molecule has 1 radical (unpaired) electrons. The number of pyridine rings is 2. The number of rotatable bonds is 0. The molecule has 2 aliphatic carbocycles. The summed E-state index contributed by atoms with van der Waals surface area (Å²) in [7, 11) is 4.30. The molecule has 3 aromatic rings. The van der Waals surface area contributed by atoms with Crippen LogP contribution in [0.25, 0.3) is 22.5 Å². The normalized spacial score (nSPS) is 13.0. The summed E-state index contributed by atoms with van der Waals surface area (Å²) in [6, 6.07) is 13.4. The maximum atomic E-state index is 3.32. The average Bonchev–Trinajstić information content (AvgIpc) is 3.09. The van der Waals surface area contributed by atoms with E-state index in [1.165, 1.54) is 50.5 Å². The molecule has 0 atom stereocenters. The maximum Gasteiger partial charge on any atom is 0.216 e. The summed E-state index contributed by atoms with van der Waals surface area (Å²) in [5.41, 5.74) is 12.7. The van der Waals surface area contributed by atoms with E-state index in [2.05, 4.69) is 66.7 Å². The van der Waals surface area contributed by atoms with Crippen LogP contribution >= 0.6 is 0 Å². The summed E-state index contributed by atoms with van der Waals surface area (Å²) in [5.74, 6) is 0. The van der Waals surface area contributed by atoms with Crippen LogP contribution in [0.2, 0.25) is 0 Å². The number of aromatic nitrogens is 2. The van der Waals surface area contributed by atoms with Gasteiger partial charge in [0.1, 0.15) is 26.0 Å². The number of benzene rings is 1. The summed E-state index contributed by atoms with van der Waals surface area (Å²) >= 11 is 0. The van der Waals surface area contributed by atoms with Gasteiger partial charge >= 0.3 is 0 Å². The first-order valence-corrected chi connectivity index (χ1v) is 8.19. The smallest absolute Gasteiger partial charge is 0.216 e. The van der Waals surface area contributed by atoms with E-state index < -0.39 is 0 Å². The summed E-state index contributed by atoms with van der Waals surface area (Å²) in [6.07, 6.45) is 5.40. The van der Waals surface area contributed by atoms with Crippen LogP contribution in [0, 0.1) is 13.1 Å². The Morgan fingerprint density at radius 3 is 2.08 bits per heavy atom. The summed E-state index contributed by atoms with van der Waals surface area (Å²) < 4.78 is 4.52. The van der Waals surface area contributed by atoms with Gasteiger partial charge in [-0.15, -0.1) is 6.07 Å². The molecule has 2 nitrogen and oxygen atoms in total. The SMILES string of the molecule is Cc1ccc2c([n+]1C)-c1c(ccc3c1-c1c(cc[c-][n+]1C)C3)C2.[Bk]. The number of hydrogen-bond acceptors (Lipinski definition) is 0. The van der Waals surface area contributed by atoms with E-state index >= 15 is 0 Å². The van der Waals surface area contributed by atoms with Crippen LogP contribution in [-0.2, 0) is 26.9 Å². The second-order valence-corrected chi connectivity index (χ2v) is 6.79. The van der Waals surface area contributed by atoms with E-state index in [0.717, 1.165) is 12.8 Å². The van der Waals surface area contributed by atoms with Gasteiger partial charge in [0.05, 0.1) is 5.56 Å². The van der Waals surface area contributed by atoms with Crippen molar-refractivity contribution in [1.82, 2.24) is 0 Å². The second kappa shape index (κ2) is 4.51. The van der Waals surface area contributed by atoms with Crippen molar-refractivity contribution >= 4 is 0 Å². The van der Waals surface area contributed by atoms with Gasteiger partial charge in [0.15, 0.2) is 5.69 Å². The molecule has 0 aliphatic heterocycles. The van der Waals surface area contributed by atoms with Gasteiger partial charge in [-0.3, -0.25) is 0 Å². The predicted octanol–water partition coefficient (Wildman–Crippen LogP) is 2.59. The molecule has 2 aliphatic rings. The van der Waals surface area contributed by atoms with E-state index in [-0.39, 0.29) is 0 Å². The Morgan fingerprint density at radius 1 is 0.792 bits per heavy atom. The Balaban J connectivity index is 0.00000146. The molecule has 5 rings (SSSR count). The zero-order chi connectivity index (χ0) is 15.7. The van der Waals surface area contributed by atoms with Crippen molar-refractivity contribution in [2.75, 3.05) is 0 Å². The molecule has 3 heteroatoms. The third kappa shape index (κ3) is 1.55. The molecular weight excluding hydrogens is 527 g/mol. The van der Waals surface area contributed by atoms with Crippen molar-refractivity contribution in [3.8, 4) is 22.5 Å². The van der Waals surface area contributed by atoms with Gasteiger partial charge < -0.3 is 4.57 Å². The Kier molecular flexibility index (Phi) is 2.66. The fraction of sp³-hybridized carbons (Fsp3) is 0.238. The minimum atomic E-state index is 0. The van der Waals surface area contributed by atoms with Crippen molar-refractivity contribution < 1.29 is 9.13 Å². The molecular formula is C21H19BkN2+. The molecule has 0 N–H and O–H groups in total. The first-order valence-electron chi connectivity index (χ1n) is 8.19. The fourth-order valence-electron chi connectivity index (χ4n) is 4.29. The van der Waals surface area contributed by atoms with Gasteiger partial charge in [0.25, 0.3) is 0 Å². The quantitative estimate of drug-likeness (QED) is 0.209. The van der Waals surface area contributed by atoms with Crippen molar-refractivity contribution in [3.05, 3.63) is 70.5 Å². The summed E-state index contributed by atoms with van der Waals surface area (Å²) in [5, 5.41) is 0. The van der Waals surface area contributed by atoms with Crippen LogP contribution in [0.3, 0.4) is 0 Å². The first-order chi connectivity index (χ1) is 11.1. The topological polar surface area (TPSA) is 7.76 Å². The second-order valence-electron chi connectivity index (χ2n) is 6.79. The van der Waals surface area contributed by atoms with Crippen LogP contribution in [0.5, 0.6) is 0 Å². The van der Waals surface area contributed by atoms with E-state index in [0.29, 0.717) is 0 Å². The third-order valence-corrected chi connectivity index (χ3v) is 5.50. The summed E-state index contributed by atoms with van der Waals surface area (Å²) in [6.45, 7) is 2.18. The Hall–Kier alpha value is -3.48. The van der Waals surface area contributed by atoms with Crippen LogP contribution in [0.15, 0.2) is 36.4 Å². The van der Waals surface area contributed by atoms with Gasteiger partial charge in [-0.2, -0.15) is 10.6 Å². The molecule has 0 saturated heterocycles. The Labute approximate surface area is 136 Å². The van der Waals surface area contributed by atoms with Crippen LogP contribution < -0.4 is 9.13 Å². The van der Waals surface area contributed by atoms with E-state index in [4.69, 9.17) is 0 Å². The molecule has 0 spiro atoms. The number of aryl methyl sites for hydroxylation is 2. The number of nitrogens with zero attached hydrogens (tertiary/aromatic N) is 2. The van der Waals surface area contributed by atoms with Crippen molar-refractivity contribution in [1.29, 1.82) is 0 Å². The van der Waals surface area contributed by atoms with E-state index in [9.17, 15) is 0 Å². The van der Waals surface area contributed by atoms with Crippen LogP contribution in [0.1, 0.15) is 27.9 Å². The van der Waals surface area contributed by atoms with E-state index in [1.54, 1.807) is 0 Å². The molecule has 24 heavy (non-hydrogen) atoms. The zero-order valence-corrected chi connectivity index (χ0v) is 16.9. The van der Waals surface area contributed by atoms with Gasteiger partial charge in [0.2, 0.25) is 5.69 Å².